The maximum atomic E-state index is 11.2. The first kappa shape index (κ1) is 15.6. The molecule has 0 saturated carbocycles. The van der Waals surface area contributed by atoms with Crippen LogP contribution in [0.3, 0.4) is 0 Å². The Kier molecular flexibility index (Phi) is 4.26. The number of rotatable bonds is 3. The van der Waals surface area contributed by atoms with Gasteiger partial charge in [-0.1, -0.05) is 20.8 Å². The number of hydrogen-bond acceptors (Lipinski definition) is 4. The molecular formula is C12H24O5SSi. The van der Waals surface area contributed by atoms with Crippen LogP contribution >= 0.6 is 0 Å². The molecule has 0 aromatic rings. The molecule has 0 aromatic carbocycles. The van der Waals surface area contributed by atoms with Crippen LogP contribution in [0.1, 0.15) is 20.8 Å². The maximum absolute atomic E-state index is 11.2. The van der Waals surface area contributed by atoms with Crippen LogP contribution in [0.25, 0.3) is 0 Å². The number of fused-ring (bicyclic) bond motifs is 1. The fourth-order valence-corrected chi connectivity index (χ4v) is 4.23. The highest BCUT2D eigenvalue weighted by atomic mass is 32.2. The highest BCUT2D eigenvalue weighted by Crippen LogP contribution is 2.40. The molecule has 2 rings (SSSR count). The summed E-state index contributed by atoms with van der Waals surface area (Å²) in [7, 11) is -1.88. The first-order valence-electron chi connectivity index (χ1n) is 6.64. The Bertz CT molecular complexity index is 368. The molecule has 0 radical (unpaired) electrons. The lowest BCUT2D eigenvalue weighted by Crippen LogP contribution is -2.47. The van der Waals surface area contributed by atoms with Crippen molar-refractivity contribution < 1.29 is 22.7 Å². The molecule has 0 bridgehead atoms. The van der Waals surface area contributed by atoms with Crippen molar-refractivity contribution in [2.24, 2.45) is 0 Å². The standard InChI is InChI=1S/C12H24O5SSi/c1-12(2,3)19(4,5)17-8-6-15-11-9(18(13)14)7-16-10(8)11/h8-11H,6-7H2,1-5H3,(H,13,14)/t8-,9+,10-,11-/m1/s1. The smallest absolute Gasteiger partial charge is 0.192 e. The summed E-state index contributed by atoms with van der Waals surface area (Å²) in [5.74, 6) is 0. The van der Waals surface area contributed by atoms with Crippen LogP contribution in [0, 0.1) is 0 Å². The van der Waals surface area contributed by atoms with Gasteiger partial charge in [-0.2, -0.15) is 0 Å². The van der Waals surface area contributed by atoms with Gasteiger partial charge < -0.3 is 18.5 Å². The summed E-state index contributed by atoms with van der Waals surface area (Å²) in [5, 5.41) is -0.318. The van der Waals surface area contributed by atoms with Gasteiger partial charge in [0.2, 0.25) is 0 Å². The summed E-state index contributed by atoms with van der Waals surface area (Å²) in [6, 6.07) is 0. The van der Waals surface area contributed by atoms with Gasteiger partial charge in [0, 0.05) is 0 Å². The first-order chi connectivity index (χ1) is 8.63. The van der Waals surface area contributed by atoms with Crippen molar-refractivity contribution in [3.8, 4) is 0 Å². The van der Waals surface area contributed by atoms with Crippen molar-refractivity contribution >= 4 is 19.4 Å². The second-order valence-corrected chi connectivity index (χ2v) is 12.7. The van der Waals surface area contributed by atoms with Gasteiger partial charge in [0.05, 0.1) is 19.3 Å². The highest BCUT2D eigenvalue weighted by molar-refractivity contribution is 7.80. The first-order valence-corrected chi connectivity index (χ1v) is 10.7. The predicted octanol–water partition coefficient (Wildman–Crippen LogP) is 1.76. The van der Waals surface area contributed by atoms with Gasteiger partial charge in [0.15, 0.2) is 19.4 Å². The summed E-state index contributed by atoms with van der Waals surface area (Å²) in [4.78, 5) is 0. The van der Waals surface area contributed by atoms with Crippen LogP contribution in [0.5, 0.6) is 0 Å². The van der Waals surface area contributed by atoms with Crippen LogP contribution in [-0.2, 0) is 25.0 Å². The average molecular weight is 308 g/mol. The van der Waals surface area contributed by atoms with Crippen molar-refractivity contribution in [1.29, 1.82) is 0 Å². The predicted molar refractivity (Wildman–Crippen MR) is 76.1 cm³/mol. The third-order valence-electron chi connectivity index (χ3n) is 4.47. The van der Waals surface area contributed by atoms with Gasteiger partial charge in [-0.25, -0.2) is 4.21 Å². The monoisotopic (exact) mass is 308 g/mol. The summed E-state index contributed by atoms with van der Waals surface area (Å²) in [6.45, 7) is 11.7. The lowest BCUT2D eigenvalue weighted by molar-refractivity contribution is 0.0246. The Morgan fingerprint density at radius 2 is 1.79 bits per heavy atom. The van der Waals surface area contributed by atoms with E-state index in [2.05, 4.69) is 33.9 Å². The molecular weight excluding hydrogens is 284 g/mol. The molecule has 1 unspecified atom stereocenters. The van der Waals surface area contributed by atoms with Crippen molar-refractivity contribution in [3.63, 3.8) is 0 Å². The van der Waals surface area contributed by atoms with E-state index in [-0.39, 0.29) is 30.0 Å². The highest BCUT2D eigenvalue weighted by Gasteiger charge is 2.52. The molecule has 2 saturated heterocycles. The molecule has 2 aliphatic heterocycles. The molecule has 7 heteroatoms. The van der Waals surface area contributed by atoms with E-state index in [1.54, 1.807) is 0 Å². The lowest BCUT2D eigenvalue weighted by Gasteiger charge is -2.39. The second-order valence-electron chi connectivity index (χ2n) is 6.83. The van der Waals surface area contributed by atoms with Crippen molar-refractivity contribution in [1.82, 2.24) is 0 Å². The zero-order valence-electron chi connectivity index (χ0n) is 12.2. The van der Waals surface area contributed by atoms with Gasteiger partial charge in [0.1, 0.15) is 17.5 Å². The van der Waals surface area contributed by atoms with E-state index in [1.807, 2.05) is 0 Å². The van der Waals surface area contributed by atoms with E-state index < -0.39 is 24.6 Å². The molecule has 19 heavy (non-hydrogen) atoms. The molecule has 2 aliphatic rings. The van der Waals surface area contributed by atoms with Gasteiger partial charge in [-0.15, -0.1) is 0 Å². The molecule has 0 amide bonds. The molecule has 5 atom stereocenters. The summed E-state index contributed by atoms with van der Waals surface area (Å²) in [6.07, 6.45) is -0.615. The van der Waals surface area contributed by atoms with Crippen LogP contribution < -0.4 is 0 Å². The summed E-state index contributed by atoms with van der Waals surface area (Å²) in [5.41, 5.74) is 0. The summed E-state index contributed by atoms with van der Waals surface area (Å²) < 4.78 is 38.0. The van der Waals surface area contributed by atoms with Gasteiger partial charge in [-0.05, 0) is 18.1 Å². The number of ether oxygens (including phenoxy) is 2. The SMILES string of the molecule is CC(C)(C)[Si](C)(C)O[C@@H]1CO[C@H]2[C@@H]1OC[C@@H]2S(=O)O. The van der Waals surface area contributed by atoms with E-state index in [0.29, 0.717) is 6.61 Å². The lowest BCUT2D eigenvalue weighted by atomic mass is 10.1. The van der Waals surface area contributed by atoms with Crippen molar-refractivity contribution in [3.05, 3.63) is 0 Å². The summed E-state index contributed by atoms with van der Waals surface area (Å²) >= 11 is -1.90. The molecule has 0 spiro atoms. The molecule has 2 heterocycles. The molecule has 1 N–H and O–H groups in total. The van der Waals surface area contributed by atoms with Crippen LogP contribution in [-0.4, -0.2) is 53.9 Å². The van der Waals surface area contributed by atoms with Gasteiger partial charge >= 0.3 is 0 Å². The maximum Gasteiger partial charge on any atom is 0.192 e. The van der Waals surface area contributed by atoms with Gasteiger partial charge in [-0.3, -0.25) is 0 Å². The minimum absolute atomic E-state index is 0.112. The van der Waals surface area contributed by atoms with Crippen molar-refractivity contribution in [2.75, 3.05) is 13.2 Å². The Balaban J connectivity index is 2.04. The third kappa shape index (κ3) is 2.96. The molecule has 112 valence electrons. The molecule has 0 aliphatic carbocycles. The fraction of sp³-hybridized carbons (Fsp3) is 1.00. The average Bonchev–Trinajstić information content (AvgIpc) is 2.78. The fourth-order valence-electron chi connectivity index (χ4n) is 2.26. The minimum atomic E-state index is -1.90. The largest absolute Gasteiger partial charge is 0.409 e. The second kappa shape index (κ2) is 5.20. The zero-order chi connectivity index (χ0) is 14.4. The molecule has 2 fully saturated rings. The zero-order valence-corrected chi connectivity index (χ0v) is 14.0. The Hall–Kier alpha value is 0.207. The minimum Gasteiger partial charge on any atom is -0.409 e. The van der Waals surface area contributed by atoms with Crippen LogP contribution in [0.2, 0.25) is 18.1 Å². The normalized spacial score (nSPS) is 37.4. The van der Waals surface area contributed by atoms with E-state index in [9.17, 15) is 8.76 Å². The third-order valence-corrected chi connectivity index (χ3v) is 9.90. The van der Waals surface area contributed by atoms with Gasteiger partial charge in [0.25, 0.3) is 0 Å². The van der Waals surface area contributed by atoms with Crippen LogP contribution in [0.15, 0.2) is 0 Å². The van der Waals surface area contributed by atoms with E-state index >= 15 is 0 Å². The van der Waals surface area contributed by atoms with Crippen LogP contribution in [0.4, 0.5) is 0 Å². The Morgan fingerprint density at radius 3 is 2.32 bits per heavy atom. The quantitative estimate of drug-likeness (QED) is 0.636. The topological polar surface area (TPSA) is 65.0 Å². The van der Waals surface area contributed by atoms with E-state index in [4.69, 9.17) is 13.9 Å². The molecule has 0 aromatic heterocycles. The number of hydrogen-bond donors (Lipinski definition) is 1. The van der Waals surface area contributed by atoms with Crippen molar-refractivity contribution in [2.45, 2.75) is 62.5 Å². The Labute approximate surface area is 118 Å². The Morgan fingerprint density at radius 1 is 1.21 bits per heavy atom. The molecule has 5 nitrogen and oxygen atoms in total. The van der Waals surface area contributed by atoms with E-state index in [0.717, 1.165) is 0 Å². The van der Waals surface area contributed by atoms with E-state index in [1.165, 1.54) is 0 Å².